The summed E-state index contributed by atoms with van der Waals surface area (Å²) in [6.07, 6.45) is 1.20. The molecular formula is C7H9N7O2S. The highest BCUT2D eigenvalue weighted by atomic mass is 32.1. The zero-order valence-corrected chi connectivity index (χ0v) is 9.70. The molecule has 0 aliphatic carbocycles. The van der Waals surface area contributed by atoms with Gasteiger partial charge in [0.25, 0.3) is 0 Å². The number of nitro groups is 1. The molecule has 0 amide bonds. The number of nitrogens with one attached hydrogen (secondary N) is 1. The topological polar surface area (TPSA) is 115 Å². The van der Waals surface area contributed by atoms with Gasteiger partial charge in [-0.2, -0.15) is 17.8 Å². The second-order valence-electron chi connectivity index (χ2n) is 3.15. The number of imidazole rings is 1. The lowest BCUT2D eigenvalue weighted by atomic mass is 10.3. The van der Waals surface area contributed by atoms with Crippen molar-refractivity contribution in [2.45, 2.75) is 18.7 Å². The van der Waals surface area contributed by atoms with Gasteiger partial charge in [-0.3, -0.25) is 0 Å². The molecule has 0 aliphatic heterocycles. The summed E-state index contributed by atoms with van der Waals surface area (Å²) in [5.41, 5.74) is 0. The first kappa shape index (κ1) is 11.5. The van der Waals surface area contributed by atoms with Gasteiger partial charge in [0.15, 0.2) is 5.82 Å². The number of aromatic amines is 1. The predicted octanol–water partition coefficient (Wildman–Crippen LogP) is 0.343. The van der Waals surface area contributed by atoms with Crippen LogP contribution in [0.25, 0.3) is 0 Å². The Morgan fingerprint density at radius 3 is 3.00 bits per heavy atom. The third-order valence-electron chi connectivity index (χ3n) is 2.22. The molecule has 10 heteroatoms. The Hall–Kier alpha value is -1.97. The van der Waals surface area contributed by atoms with E-state index in [-0.39, 0.29) is 5.82 Å². The third kappa shape index (κ3) is 1.98. The fraction of sp³-hybridized carbons (Fsp3) is 0.429. The largest absolute Gasteiger partial charge is 0.358 e. The second-order valence-corrected chi connectivity index (χ2v) is 3.66. The fourth-order valence-corrected chi connectivity index (χ4v) is 1.78. The Morgan fingerprint density at radius 1 is 1.71 bits per heavy atom. The van der Waals surface area contributed by atoms with Gasteiger partial charge < -0.3 is 10.1 Å². The van der Waals surface area contributed by atoms with Gasteiger partial charge in [0.1, 0.15) is 11.4 Å². The van der Waals surface area contributed by atoms with Gasteiger partial charge in [0.05, 0.1) is 6.54 Å². The van der Waals surface area contributed by atoms with E-state index in [1.807, 2.05) is 0 Å². The van der Waals surface area contributed by atoms with E-state index in [1.165, 1.54) is 10.8 Å². The van der Waals surface area contributed by atoms with E-state index in [2.05, 4.69) is 38.2 Å². The van der Waals surface area contributed by atoms with Crippen molar-refractivity contribution in [1.82, 2.24) is 30.2 Å². The number of H-pyrrole nitrogens is 1. The van der Waals surface area contributed by atoms with Crippen molar-refractivity contribution in [2.75, 3.05) is 0 Å². The van der Waals surface area contributed by atoms with E-state index in [4.69, 9.17) is 0 Å². The van der Waals surface area contributed by atoms with Crippen molar-refractivity contribution < 1.29 is 4.92 Å². The molecule has 0 aromatic carbocycles. The fourth-order valence-electron chi connectivity index (χ4n) is 1.47. The molecule has 0 bridgehead atoms. The molecule has 1 unspecified atom stereocenters. The Labute approximate surface area is 101 Å². The molecule has 1 N–H and O–H groups in total. The zero-order chi connectivity index (χ0) is 12.4. The zero-order valence-electron chi connectivity index (χ0n) is 8.81. The summed E-state index contributed by atoms with van der Waals surface area (Å²) in [5.74, 6) is 0.664. The highest BCUT2D eigenvalue weighted by Crippen LogP contribution is 2.27. The molecule has 1 atom stereocenters. The van der Waals surface area contributed by atoms with E-state index in [9.17, 15) is 10.1 Å². The number of hydrogen-bond acceptors (Lipinski definition) is 7. The Kier molecular flexibility index (Phi) is 3.04. The number of tetrazole rings is 1. The van der Waals surface area contributed by atoms with Crippen LogP contribution in [-0.2, 0) is 6.54 Å². The number of hydrogen-bond donors (Lipinski definition) is 2. The first-order valence-corrected chi connectivity index (χ1v) is 5.28. The van der Waals surface area contributed by atoms with Crippen molar-refractivity contribution in [1.29, 1.82) is 0 Å². The van der Waals surface area contributed by atoms with Crippen molar-refractivity contribution in [3.8, 4) is 0 Å². The van der Waals surface area contributed by atoms with Crippen molar-refractivity contribution >= 4 is 18.4 Å². The molecule has 0 saturated carbocycles. The van der Waals surface area contributed by atoms with Crippen molar-refractivity contribution in [3.05, 3.63) is 28.0 Å². The third-order valence-corrected chi connectivity index (χ3v) is 2.68. The van der Waals surface area contributed by atoms with E-state index >= 15 is 0 Å². The van der Waals surface area contributed by atoms with Crippen LogP contribution in [0, 0.1) is 10.1 Å². The Morgan fingerprint density at radius 2 is 2.47 bits per heavy atom. The van der Waals surface area contributed by atoms with Gasteiger partial charge in [-0.15, -0.1) is 10.2 Å². The number of thiol groups is 1. The molecule has 0 spiro atoms. The van der Waals surface area contributed by atoms with E-state index < -0.39 is 10.2 Å². The van der Waals surface area contributed by atoms with Crippen LogP contribution < -0.4 is 0 Å². The number of nitrogens with zero attached hydrogens (tertiary/aromatic N) is 6. The van der Waals surface area contributed by atoms with Crippen LogP contribution in [0.1, 0.15) is 23.8 Å². The van der Waals surface area contributed by atoms with E-state index in [0.717, 1.165) is 0 Å². The smallest absolute Gasteiger partial charge is 0.342 e. The van der Waals surface area contributed by atoms with Crippen LogP contribution in [0.4, 0.5) is 5.82 Å². The molecule has 9 nitrogen and oxygen atoms in total. The first-order valence-electron chi connectivity index (χ1n) is 4.76. The minimum Gasteiger partial charge on any atom is -0.358 e. The summed E-state index contributed by atoms with van der Waals surface area (Å²) in [4.78, 5) is 14.3. The van der Waals surface area contributed by atoms with Gasteiger partial charge in [-0.1, -0.05) is 5.21 Å². The number of rotatable bonds is 4. The summed E-state index contributed by atoms with van der Waals surface area (Å²) in [6, 6.07) is 0. The SMILES string of the molecule is CCn1c([N+](=O)[O-])cnc1C(S)c1nn[nH]n1. The summed E-state index contributed by atoms with van der Waals surface area (Å²) in [5, 5.41) is 23.5. The van der Waals surface area contributed by atoms with Crippen molar-refractivity contribution in [2.24, 2.45) is 0 Å². The summed E-state index contributed by atoms with van der Waals surface area (Å²) >= 11 is 4.29. The average molecular weight is 255 g/mol. The van der Waals surface area contributed by atoms with Gasteiger partial charge in [-0.25, -0.2) is 9.55 Å². The minimum absolute atomic E-state index is 0.0787. The maximum absolute atomic E-state index is 10.8. The maximum Gasteiger partial charge on any atom is 0.342 e. The van der Waals surface area contributed by atoms with Crippen LogP contribution >= 0.6 is 12.6 Å². The van der Waals surface area contributed by atoms with E-state index in [1.54, 1.807) is 6.92 Å². The van der Waals surface area contributed by atoms with Crippen LogP contribution in [0.2, 0.25) is 0 Å². The van der Waals surface area contributed by atoms with Gasteiger partial charge in [0.2, 0.25) is 5.82 Å². The molecule has 2 aromatic heterocycles. The quantitative estimate of drug-likeness (QED) is 0.462. The average Bonchev–Trinajstić information content (AvgIpc) is 2.96. The van der Waals surface area contributed by atoms with E-state index in [0.29, 0.717) is 18.2 Å². The monoisotopic (exact) mass is 255 g/mol. The lowest BCUT2D eigenvalue weighted by Gasteiger charge is -2.04. The maximum atomic E-state index is 10.8. The molecule has 0 radical (unpaired) electrons. The number of aromatic nitrogens is 6. The molecule has 2 aromatic rings. The normalized spacial score (nSPS) is 12.6. The molecule has 0 saturated heterocycles. The molecule has 0 fully saturated rings. The Bertz CT molecular complexity index is 522. The van der Waals surface area contributed by atoms with Crippen LogP contribution in [-0.4, -0.2) is 35.1 Å². The van der Waals surface area contributed by atoms with Crippen molar-refractivity contribution in [3.63, 3.8) is 0 Å². The van der Waals surface area contributed by atoms with Crippen LogP contribution in [0.5, 0.6) is 0 Å². The highest BCUT2D eigenvalue weighted by Gasteiger charge is 2.27. The lowest BCUT2D eigenvalue weighted by molar-refractivity contribution is -0.392. The molecule has 90 valence electrons. The predicted molar refractivity (Wildman–Crippen MR) is 59.6 cm³/mol. The lowest BCUT2D eigenvalue weighted by Crippen LogP contribution is -2.09. The van der Waals surface area contributed by atoms with Crippen LogP contribution in [0.3, 0.4) is 0 Å². The Balaban J connectivity index is 2.42. The first-order chi connectivity index (χ1) is 8.15. The summed E-state index contributed by atoms with van der Waals surface area (Å²) < 4.78 is 1.45. The highest BCUT2D eigenvalue weighted by molar-refractivity contribution is 7.80. The van der Waals surface area contributed by atoms with Gasteiger partial charge >= 0.3 is 5.82 Å². The molecule has 17 heavy (non-hydrogen) atoms. The molecule has 2 rings (SSSR count). The standard InChI is InChI=1S/C7H9N7O2S/c1-2-13-4(14(15)16)3-8-7(13)5(17)6-9-11-12-10-6/h3,5,17H,2H2,1H3,(H,9,10,11,12). The molecule has 0 aliphatic rings. The molecular weight excluding hydrogens is 246 g/mol. The van der Waals surface area contributed by atoms with Gasteiger partial charge in [0, 0.05) is 0 Å². The van der Waals surface area contributed by atoms with Gasteiger partial charge in [-0.05, 0) is 11.8 Å². The minimum atomic E-state index is -0.553. The van der Waals surface area contributed by atoms with Crippen LogP contribution in [0.15, 0.2) is 6.20 Å². The second kappa shape index (κ2) is 4.49. The summed E-state index contributed by atoms with van der Waals surface area (Å²) in [7, 11) is 0. The summed E-state index contributed by atoms with van der Waals surface area (Å²) in [6.45, 7) is 2.20. The molecule has 2 heterocycles.